The second kappa shape index (κ2) is 12.5. The average Bonchev–Trinajstić information content (AvgIpc) is 3.20. The smallest absolute Gasteiger partial charge is 0.264 e. The number of nitrogens with zero attached hydrogens (tertiary/aromatic N) is 3. The fourth-order valence-electron chi connectivity index (χ4n) is 4.44. The summed E-state index contributed by atoms with van der Waals surface area (Å²) in [5.74, 6) is -0.113. The van der Waals surface area contributed by atoms with Crippen molar-refractivity contribution in [3.63, 3.8) is 0 Å². The monoisotopic (exact) mass is 554 g/mol. The highest BCUT2D eigenvalue weighted by atomic mass is 32.2. The quantitative estimate of drug-likeness (QED) is 0.357. The van der Waals surface area contributed by atoms with Crippen LogP contribution in [0.4, 0.5) is 5.88 Å². The molecule has 2 aromatic carbocycles. The number of benzene rings is 2. The summed E-state index contributed by atoms with van der Waals surface area (Å²) in [6.45, 7) is 9.64. The fraction of sp³-hybridized carbons (Fsp3) is 0.414. The van der Waals surface area contributed by atoms with Gasteiger partial charge in [0.15, 0.2) is 0 Å². The summed E-state index contributed by atoms with van der Waals surface area (Å²) in [5.41, 5.74) is 3.36. The highest BCUT2D eigenvalue weighted by molar-refractivity contribution is 7.92. The fourth-order valence-corrected chi connectivity index (χ4v) is 5.72. The van der Waals surface area contributed by atoms with Gasteiger partial charge in [-0.1, -0.05) is 68.4 Å². The molecule has 0 aliphatic carbocycles. The number of aryl methyl sites for hydroxylation is 1. The van der Waals surface area contributed by atoms with Crippen molar-refractivity contribution in [1.29, 1.82) is 0 Å². The molecular weight excluding hydrogens is 516 g/mol. The Bertz CT molecular complexity index is 1410. The second-order valence-electron chi connectivity index (χ2n) is 10.2. The van der Waals surface area contributed by atoms with Crippen LogP contribution in [0.1, 0.15) is 50.4 Å². The van der Waals surface area contributed by atoms with Crippen LogP contribution in [0.2, 0.25) is 0 Å². The maximum Gasteiger partial charge on any atom is 0.264 e. The van der Waals surface area contributed by atoms with Crippen molar-refractivity contribution in [2.24, 2.45) is 5.92 Å². The predicted molar refractivity (Wildman–Crippen MR) is 151 cm³/mol. The number of amides is 2. The van der Waals surface area contributed by atoms with E-state index in [4.69, 9.17) is 4.52 Å². The molecule has 0 saturated heterocycles. The van der Waals surface area contributed by atoms with Crippen LogP contribution >= 0.6 is 0 Å². The lowest BCUT2D eigenvalue weighted by atomic mass is 10.00. The van der Waals surface area contributed by atoms with Crippen LogP contribution in [0.3, 0.4) is 0 Å². The third-order valence-electron chi connectivity index (χ3n) is 6.78. The Kier molecular flexibility index (Phi) is 9.55. The maximum atomic E-state index is 13.3. The van der Waals surface area contributed by atoms with E-state index in [0.717, 1.165) is 12.0 Å². The number of aromatic nitrogens is 1. The van der Waals surface area contributed by atoms with Crippen molar-refractivity contribution >= 4 is 27.7 Å². The lowest BCUT2D eigenvalue weighted by Gasteiger charge is -2.33. The van der Waals surface area contributed by atoms with Gasteiger partial charge in [0.2, 0.25) is 17.7 Å². The van der Waals surface area contributed by atoms with Crippen LogP contribution in [-0.4, -0.2) is 55.3 Å². The summed E-state index contributed by atoms with van der Waals surface area (Å²) in [6, 6.07) is 13.6. The molecule has 1 atom stereocenters. The zero-order valence-corrected chi connectivity index (χ0v) is 24.5. The van der Waals surface area contributed by atoms with Crippen molar-refractivity contribution in [3.05, 3.63) is 65.4 Å². The number of likely N-dealkylation sites (N-methyl/N-ethyl adjacent to an activating group) is 2. The summed E-state index contributed by atoms with van der Waals surface area (Å²) in [5, 5.41) is 3.82. The number of hydrogen-bond acceptors (Lipinski definition) is 6. The topological polar surface area (TPSA) is 113 Å². The Morgan fingerprint density at radius 2 is 1.67 bits per heavy atom. The summed E-state index contributed by atoms with van der Waals surface area (Å²) in [7, 11) is -0.532. The van der Waals surface area contributed by atoms with Crippen molar-refractivity contribution in [1.82, 2.24) is 15.0 Å². The molecular formula is C29H38N4O5S. The average molecular weight is 555 g/mol. The molecule has 0 aliphatic heterocycles. The van der Waals surface area contributed by atoms with E-state index in [-0.39, 0.29) is 28.5 Å². The molecule has 1 heterocycles. The van der Waals surface area contributed by atoms with E-state index in [9.17, 15) is 18.0 Å². The number of hydrogen-bond donors (Lipinski definition) is 1. The van der Waals surface area contributed by atoms with Gasteiger partial charge in [-0.05, 0) is 43.4 Å². The first kappa shape index (κ1) is 29.9. The molecule has 0 radical (unpaired) electrons. The molecule has 39 heavy (non-hydrogen) atoms. The predicted octanol–water partition coefficient (Wildman–Crippen LogP) is 5.00. The van der Waals surface area contributed by atoms with Crippen LogP contribution in [0.25, 0.3) is 11.1 Å². The van der Waals surface area contributed by atoms with Crippen molar-refractivity contribution in [2.45, 2.75) is 64.9 Å². The van der Waals surface area contributed by atoms with Gasteiger partial charge >= 0.3 is 0 Å². The third-order valence-corrected chi connectivity index (χ3v) is 8.17. The molecule has 0 unspecified atom stereocenters. The van der Waals surface area contributed by atoms with Crippen LogP contribution in [0, 0.1) is 19.8 Å². The highest BCUT2D eigenvalue weighted by Gasteiger charge is 2.31. The Morgan fingerprint density at radius 3 is 2.23 bits per heavy atom. The van der Waals surface area contributed by atoms with E-state index >= 15 is 0 Å². The molecule has 0 spiro atoms. The number of rotatable bonds is 11. The first-order chi connectivity index (χ1) is 18.4. The second-order valence-corrected chi connectivity index (χ2v) is 11.8. The van der Waals surface area contributed by atoms with Gasteiger partial charge in [0, 0.05) is 38.2 Å². The molecule has 1 N–H and O–H groups in total. The van der Waals surface area contributed by atoms with E-state index in [0.29, 0.717) is 35.3 Å². The molecule has 210 valence electrons. The van der Waals surface area contributed by atoms with Gasteiger partial charge in [0.25, 0.3) is 10.0 Å². The number of carbonyl (C=O) groups is 2. The first-order valence-corrected chi connectivity index (χ1v) is 14.5. The van der Waals surface area contributed by atoms with E-state index in [1.54, 1.807) is 62.0 Å². The summed E-state index contributed by atoms with van der Waals surface area (Å²) in [4.78, 5) is 29.1. The van der Waals surface area contributed by atoms with Gasteiger partial charge in [-0.2, -0.15) is 0 Å². The zero-order chi connectivity index (χ0) is 28.9. The standard InChI is InChI=1S/C29H38N4O5S/c1-8-11-26(34)33(7)27(19(2)3)29(35)32(6)18-22-14-16-23(17-15-22)24-12-9-10-13-25(24)39(36,37)31-28-20(4)21(5)30-38-28/h9-10,12-17,19,27,31H,8,11,18H2,1-7H3/t27-/m0/s1. The molecule has 0 saturated carbocycles. The number of carbonyl (C=O) groups excluding carboxylic acids is 2. The molecule has 0 fully saturated rings. The van der Waals surface area contributed by atoms with Crippen molar-refractivity contribution in [2.75, 3.05) is 18.8 Å². The summed E-state index contributed by atoms with van der Waals surface area (Å²) >= 11 is 0. The third kappa shape index (κ3) is 6.86. The molecule has 0 aliphatic rings. The maximum absolute atomic E-state index is 13.3. The Labute approximate surface area is 231 Å². The van der Waals surface area contributed by atoms with Gasteiger partial charge in [-0.25, -0.2) is 13.1 Å². The van der Waals surface area contributed by atoms with Crippen molar-refractivity contribution in [3.8, 4) is 11.1 Å². The van der Waals surface area contributed by atoms with Gasteiger partial charge in [0.05, 0.1) is 10.6 Å². The van der Waals surface area contributed by atoms with E-state index in [2.05, 4.69) is 9.88 Å². The number of nitrogens with one attached hydrogen (secondary N) is 1. The largest absolute Gasteiger partial charge is 0.340 e. The molecule has 10 heteroatoms. The Morgan fingerprint density at radius 1 is 1.03 bits per heavy atom. The number of anilines is 1. The Balaban J connectivity index is 1.80. The van der Waals surface area contributed by atoms with Gasteiger partial charge in [0.1, 0.15) is 6.04 Å². The number of sulfonamides is 1. The van der Waals surface area contributed by atoms with Crippen LogP contribution in [-0.2, 0) is 26.2 Å². The Hall–Kier alpha value is -3.66. The van der Waals surface area contributed by atoms with Gasteiger partial charge in [-0.15, -0.1) is 0 Å². The van der Waals surface area contributed by atoms with E-state index in [1.165, 1.54) is 0 Å². The lowest BCUT2D eigenvalue weighted by Crippen LogP contribution is -2.50. The molecule has 3 aromatic rings. The minimum Gasteiger partial charge on any atom is -0.340 e. The first-order valence-electron chi connectivity index (χ1n) is 13.0. The molecule has 3 rings (SSSR count). The highest BCUT2D eigenvalue weighted by Crippen LogP contribution is 2.30. The van der Waals surface area contributed by atoms with E-state index < -0.39 is 16.1 Å². The van der Waals surface area contributed by atoms with Crippen LogP contribution in [0.5, 0.6) is 0 Å². The lowest BCUT2D eigenvalue weighted by molar-refractivity contribution is -0.145. The molecule has 2 amide bonds. The van der Waals surface area contributed by atoms with Gasteiger partial charge < -0.3 is 14.3 Å². The van der Waals surface area contributed by atoms with Gasteiger partial charge in [-0.3, -0.25) is 9.59 Å². The van der Waals surface area contributed by atoms with Crippen LogP contribution in [0.15, 0.2) is 57.9 Å². The molecule has 0 bridgehead atoms. The molecule has 9 nitrogen and oxygen atoms in total. The van der Waals surface area contributed by atoms with Crippen molar-refractivity contribution < 1.29 is 22.5 Å². The summed E-state index contributed by atoms with van der Waals surface area (Å²) < 4.78 is 34.1. The minimum atomic E-state index is -3.95. The SMILES string of the molecule is CCCC(=O)N(C)[C@H](C(=O)N(C)Cc1ccc(-c2ccccc2S(=O)(=O)Nc2onc(C)c2C)cc1)C(C)C. The van der Waals surface area contributed by atoms with Crippen LogP contribution < -0.4 is 4.72 Å². The molecule has 1 aromatic heterocycles. The van der Waals surface area contributed by atoms with E-state index in [1.807, 2.05) is 45.0 Å². The zero-order valence-electron chi connectivity index (χ0n) is 23.7. The minimum absolute atomic E-state index is 0.0372. The summed E-state index contributed by atoms with van der Waals surface area (Å²) in [6.07, 6.45) is 1.13. The normalized spacial score (nSPS) is 12.3.